The second-order valence-electron chi connectivity index (χ2n) is 6.62. The Hall–Kier alpha value is -1.99. The van der Waals surface area contributed by atoms with E-state index in [1.807, 2.05) is 36.4 Å². The average Bonchev–Trinajstić information content (AvgIpc) is 2.69. The lowest BCUT2D eigenvalue weighted by Crippen LogP contribution is -2.48. The molecule has 8 heteroatoms. The topological polar surface area (TPSA) is 62.8 Å². The summed E-state index contributed by atoms with van der Waals surface area (Å²) in [4.78, 5) is 14.8. The van der Waals surface area contributed by atoms with Crippen molar-refractivity contribution in [3.8, 4) is 11.5 Å². The first-order valence-corrected chi connectivity index (χ1v) is 9.47. The van der Waals surface area contributed by atoms with Gasteiger partial charge in [0.2, 0.25) is 5.91 Å². The number of hydrogen-bond acceptors (Lipinski definition) is 5. The molecule has 2 aliphatic heterocycles. The molecule has 2 heterocycles. The molecule has 0 bridgehead atoms. The van der Waals surface area contributed by atoms with Crippen molar-refractivity contribution in [2.75, 3.05) is 44.7 Å². The molecule has 0 aromatic heterocycles. The first-order valence-electron chi connectivity index (χ1n) is 9.09. The van der Waals surface area contributed by atoms with E-state index >= 15 is 0 Å². The van der Waals surface area contributed by atoms with Gasteiger partial charge < -0.3 is 20.1 Å². The molecule has 0 aliphatic carbocycles. The minimum Gasteiger partial charge on any atom is -0.486 e. The van der Waals surface area contributed by atoms with E-state index in [1.54, 1.807) is 6.07 Å². The van der Waals surface area contributed by atoms with Crippen LogP contribution >= 0.6 is 24.0 Å². The van der Waals surface area contributed by atoms with Gasteiger partial charge in [0.15, 0.2) is 11.5 Å². The number of amides is 1. The fourth-order valence-corrected chi connectivity index (χ4v) is 3.76. The van der Waals surface area contributed by atoms with Gasteiger partial charge >= 0.3 is 0 Å². The number of fused-ring (bicyclic) bond motifs is 1. The van der Waals surface area contributed by atoms with E-state index in [0.29, 0.717) is 36.9 Å². The van der Waals surface area contributed by atoms with Crippen molar-refractivity contribution in [3.05, 3.63) is 53.1 Å². The summed E-state index contributed by atoms with van der Waals surface area (Å²) < 4.78 is 11.1. The third-order valence-electron chi connectivity index (χ3n) is 4.79. The lowest BCUT2D eigenvalue weighted by Gasteiger charge is -2.36. The van der Waals surface area contributed by atoms with Crippen molar-refractivity contribution >= 4 is 35.6 Å². The maximum absolute atomic E-state index is 12.6. The number of halogens is 2. The van der Waals surface area contributed by atoms with Crippen molar-refractivity contribution in [2.24, 2.45) is 0 Å². The highest BCUT2D eigenvalue weighted by Gasteiger charge is 2.27. The highest BCUT2D eigenvalue weighted by molar-refractivity contribution is 6.31. The molecule has 2 N–H and O–H groups in total. The van der Waals surface area contributed by atoms with Crippen LogP contribution in [0.25, 0.3) is 0 Å². The van der Waals surface area contributed by atoms with Crippen LogP contribution in [-0.2, 0) is 4.79 Å². The van der Waals surface area contributed by atoms with Gasteiger partial charge in [0.25, 0.3) is 0 Å². The summed E-state index contributed by atoms with van der Waals surface area (Å²) in [5.41, 5.74) is 1.74. The standard InChI is InChI=1S/C20H22ClN3O3.ClH/c21-16-4-2-1-3-15(16)17-12-22-7-8-24(17)13-20(25)23-14-5-6-18-19(11-14)27-10-9-26-18;/h1-6,11,17,22H,7-10,12-13H2,(H,23,25);1H. The molecule has 1 fully saturated rings. The summed E-state index contributed by atoms with van der Waals surface area (Å²) in [6, 6.07) is 13.3. The Labute approximate surface area is 175 Å². The molecule has 28 heavy (non-hydrogen) atoms. The quantitative estimate of drug-likeness (QED) is 0.790. The lowest BCUT2D eigenvalue weighted by molar-refractivity contribution is -0.118. The Morgan fingerprint density at radius 1 is 1.18 bits per heavy atom. The van der Waals surface area contributed by atoms with Gasteiger partial charge in [0, 0.05) is 42.5 Å². The largest absolute Gasteiger partial charge is 0.486 e. The maximum Gasteiger partial charge on any atom is 0.238 e. The number of ether oxygens (including phenoxy) is 2. The van der Waals surface area contributed by atoms with Crippen LogP contribution in [0.15, 0.2) is 42.5 Å². The van der Waals surface area contributed by atoms with Crippen molar-refractivity contribution in [1.82, 2.24) is 10.2 Å². The summed E-state index contributed by atoms with van der Waals surface area (Å²) in [7, 11) is 0. The molecule has 2 aromatic rings. The Balaban J connectivity index is 0.00000225. The Morgan fingerprint density at radius 2 is 1.96 bits per heavy atom. The van der Waals surface area contributed by atoms with Gasteiger partial charge in [0.05, 0.1) is 6.54 Å². The number of carbonyl (C=O) groups excluding carboxylic acids is 1. The van der Waals surface area contributed by atoms with Crippen LogP contribution in [0.4, 0.5) is 5.69 Å². The zero-order valence-electron chi connectivity index (χ0n) is 15.3. The van der Waals surface area contributed by atoms with Gasteiger partial charge in [-0.25, -0.2) is 0 Å². The summed E-state index contributed by atoms with van der Waals surface area (Å²) in [6.45, 7) is 3.76. The molecule has 4 rings (SSSR count). The molecule has 1 atom stereocenters. The summed E-state index contributed by atoms with van der Waals surface area (Å²) in [6.07, 6.45) is 0. The van der Waals surface area contributed by atoms with Crippen LogP contribution in [0.1, 0.15) is 11.6 Å². The second kappa shape index (κ2) is 9.47. The molecule has 0 radical (unpaired) electrons. The van der Waals surface area contributed by atoms with E-state index in [0.717, 1.165) is 30.2 Å². The number of carbonyl (C=O) groups is 1. The van der Waals surface area contributed by atoms with Crippen LogP contribution in [0.2, 0.25) is 5.02 Å². The van der Waals surface area contributed by atoms with Gasteiger partial charge in [-0.2, -0.15) is 0 Å². The number of hydrogen-bond donors (Lipinski definition) is 2. The highest BCUT2D eigenvalue weighted by Crippen LogP contribution is 2.33. The number of nitrogens with one attached hydrogen (secondary N) is 2. The predicted molar refractivity (Wildman–Crippen MR) is 112 cm³/mol. The first kappa shape index (κ1) is 20.7. The molecule has 0 saturated carbocycles. The van der Waals surface area contributed by atoms with E-state index in [1.165, 1.54) is 0 Å². The molecule has 1 unspecified atom stereocenters. The third kappa shape index (κ3) is 4.70. The van der Waals surface area contributed by atoms with Crippen LogP contribution in [0.3, 0.4) is 0 Å². The molecule has 1 saturated heterocycles. The Bertz CT molecular complexity index is 834. The van der Waals surface area contributed by atoms with Gasteiger partial charge in [-0.05, 0) is 23.8 Å². The molecule has 150 valence electrons. The van der Waals surface area contributed by atoms with Crippen LogP contribution in [0, 0.1) is 0 Å². The van der Waals surface area contributed by atoms with Crippen molar-refractivity contribution in [3.63, 3.8) is 0 Å². The van der Waals surface area contributed by atoms with Crippen LogP contribution in [0.5, 0.6) is 11.5 Å². The molecule has 2 aromatic carbocycles. The average molecular weight is 424 g/mol. The molecular formula is C20H23Cl2N3O3. The highest BCUT2D eigenvalue weighted by atomic mass is 35.5. The smallest absolute Gasteiger partial charge is 0.238 e. The van der Waals surface area contributed by atoms with E-state index in [4.69, 9.17) is 21.1 Å². The predicted octanol–water partition coefficient (Wildman–Crippen LogP) is 3.12. The monoisotopic (exact) mass is 423 g/mol. The van der Waals surface area contributed by atoms with Gasteiger partial charge in [-0.1, -0.05) is 29.8 Å². The minimum absolute atomic E-state index is 0. The molecule has 2 aliphatic rings. The van der Waals surface area contributed by atoms with E-state index in [-0.39, 0.29) is 24.4 Å². The van der Waals surface area contributed by atoms with Crippen molar-refractivity contribution in [1.29, 1.82) is 0 Å². The zero-order valence-corrected chi connectivity index (χ0v) is 16.9. The molecule has 0 spiro atoms. The third-order valence-corrected chi connectivity index (χ3v) is 5.14. The molecular weight excluding hydrogens is 401 g/mol. The number of nitrogens with zero attached hydrogens (tertiary/aromatic N) is 1. The second-order valence-corrected chi connectivity index (χ2v) is 7.03. The van der Waals surface area contributed by atoms with Gasteiger partial charge in [-0.3, -0.25) is 9.69 Å². The SMILES string of the molecule is Cl.O=C(CN1CCNCC1c1ccccc1Cl)Nc1ccc2c(c1)OCCO2. The van der Waals surface area contributed by atoms with E-state index < -0.39 is 0 Å². The van der Waals surface area contributed by atoms with E-state index in [2.05, 4.69) is 15.5 Å². The van der Waals surface area contributed by atoms with Crippen LogP contribution < -0.4 is 20.1 Å². The Morgan fingerprint density at radius 3 is 2.79 bits per heavy atom. The summed E-state index contributed by atoms with van der Waals surface area (Å²) in [5, 5.41) is 7.07. The Kier molecular flexibility index (Phi) is 7.02. The minimum atomic E-state index is -0.0642. The fourth-order valence-electron chi connectivity index (χ4n) is 3.49. The molecule has 1 amide bonds. The maximum atomic E-state index is 12.6. The number of benzene rings is 2. The van der Waals surface area contributed by atoms with Gasteiger partial charge in [0.1, 0.15) is 13.2 Å². The van der Waals surface area contributed by atoms with E-state index in [9.17, 15) is 4.79 Å². The zero-order chi connectivity index (χ0) is 18.6. The van der Waals surface area contributed by atoms with Gasteiger partial charge in [-0.15, -0.1) is 12.4 Å². The normalized spacial score (nSPS) is 18.8. The fraction of sp³-hybridized carbons (Fsp3) is 0.350. The van der Waals surface area contributed by atoms with Crippen molar-refractivity contribution < 1.29 is 14.3 Å². The summed E-state index contributed by atoms with van der Waals surface area (Å²) >= 11 is 6.38. The van der Waals surface area contributed by atoms with Crippen LogP contribution in [-0.4, -0.2) is 50.2 Å². The first-order chi connectivity index (χ1) is 13.2. The lowest BCUT2D eigenvalue weighted by atomic mass is 10.0. The number of piperazine rings is 1. The molecule has 6 nitrogen and oxygen atoms in total. The number of rotatable bonds is 4. The number of anilines is 1. The van der Waals surface area contributed by atoms with Crippen molar-refractivity contribution in [2.45, 2.75) is 6.04 Å². The summed E-state index contributed by atoms with van der Waals surface area (Å²) in [5.74, 6) is 1.31.